The number of aromatic nitrogens is 1. The summed E-state index contributed by atoms with van der Waals surface area (Å²) >= 11 is 0. The van der Waals surface area contributed by atoms with Crippen molar-refractivity contribution in [2.75, 3.05) is 0 Å². The van der Waals surface area contributed by atoms with E-state index in [1.165, 1.54) is 95.6 Å². The van der Waals surface area contributed by atoms with Crippen molar-refractivity contribution in [2.45, 2.75) is 18.8 Å². The first kappa shape index (κ1) is 33.3. The monoisotopic (exact) mass is 725 g/mol. The summed E-state index contributed by atoms with van der Waals surface area (Å²) < 4.78 is 0. The number of pyridine rings is 1. The maximum Gasteiger partial charge on any atom is 0.0794 e. The SMILES string of the molecule is c1ccc(/C(=C(\c2ccccc2)c2cccc(-c3cccc(-c4c5ccc6ccccc6c5nc5c4ccc4ccccc45)c3)c2)c2ccc(C3CC3)cc2)cc1. The van der Waals surface area contributed by atoms with Gasteiger partial charge in [-0.1, -0.05) is 194 Å². The normalized spacial score (nSPS) is 13.3. The summed E-state index contributed by atoms with van der Waals surface area (Å²) in [6.45, 7) is 0. The predicted octanol–water partition coefficient (Wildman–Crippen LogP) is 14.9. The Morgan fingerprint density at radius 1 is 0.351 bits per heavy atom. The second-order valence-corrected chi connectivity index (χ2v) is 15.4. The van der Waals surface area contributed by atoms with Gasteiger partial charge < -0.3 is 0 Å². The molecular formula is C56H39N. The molecule has 1 heteroatoms. The fraction of sp³-hybridized carbons (Fsp3) is 0.0536. The van der Waals surface area contributed by atoms with E-state index in [1.54, 1.807) is 0 Å². The number of hydrogen-bond donors (Lipinski definition) is 0. The molecule has 1 aliphatic carbocycles. The molecule has 9 aromatic carbocycles. The van der Waals surface area contributed by atoms with E-state index in [1.807, 2.05) is 0 Å². The van der Waals surface area contributed by atoms with Crippen molar-refractivity contribution in [2.24, 2.45) is 0 Å². The molecule has 57 heavy (non-hydrogen) atoms. The van der Waals surface area contributed by atoms with Gasteiger partial charge in [0.15, 0.2) is 0 Å². The first-order chi connectivity index (χ1) is 28.3. The van der Waals surface area contributed by atoms with Crippen molar-refractivity contribution in [3.63, 3.8) is 0 Å². The second kappa shape index (κ2) is 13.9. The van der Waals surface area contributed by atoms with Crippen molar-refractivity contribution < 1.29 is 0 Å². The molecule has 0 bridgehead atoms. The van der Waals surface area contributed by atoms with Gasteiger partial charge in [0, 0.05) is 27.1 Å². The maximum absolute atomic E-state index is 5.44. The van der Waals surface area contributed by atoms with E-state index < -0.39 is 0 Å². The number of hydrogen-bond acceptors (Lipinski definition) is 1. The molecule has 0 N–H and O–H groups in total. The van der Waals surface area contributed by atoms with Crippen LogP contribution in [-0.2, 0) is 0 Å². The number of rotatable bonds is 7. The fourth-order valence-electron chi connectivity index (χ4n) is 8.89. The van der Waals surface area contributed by atoms with Crippen LogP contribution in [0.3, 0.4) is 0 Å². The molecule has 1 saturated carbocycles. The predicted molar refractivity (Wildman–Crippen MR) is 241 cm³/mol. The summed E-state index contributed by atoms with van der Waals surface area (Å²) in [5, 5.41) is 7.07. The van der Waals surface area contributed by atoms with Gasteiger partial charge in [-0.15, -0.1) is 0 Å². The van der Waals surface area contributed by atoms with Crippen LogP contribution in [0.15, 0.2) is 206 Å². The largest absolute Gasteiger partial charge is 0.246 e. The summed E-state index contributed by atoms with van der Waals surface area (Å²) in [5.41, 5.74) is 15.6. The third-order valence-electron chi connectivity index (χ3n) is 11.8. The molecule has 0 unspecified atom stereocenters. The van der Waals surface area contributed by atoms with Crippen molar-refractivity contribution in [3.8, 4) is 22.3 Å². The van der Waals surface area contributed by atoms with E-state index in [2.05, 4.69) is 206 Å². The smallest absolute Gasteiger partial charge is 0.0794 e. The van der Waals surface area contributed by atoms with Gasteiger partial charge in [0.2, 0.25) is 0 Å². The lowest BCUT2D eigenvalue weighted by Crippen LogP contribution is -1.98. The quantitative estimate of drug-likeness (QED) is 0.0906. The Bertz CT molecular complexity index is 3060. The highest BCUT2D eigenvalue weighted by atomic mass is 14.7. The number of benzene rings is 9. The molecule has 1 fully saturated rings. The fourth-order valence-corrected chi connectivity index (χ4v) is 8.89. The van der Waals surface area contributed by atoms with Crippen LogP contribution in [0, 0.1) is 0 Å². The lowest BCUT2D eigenvalue weighted by atomic mass is 9.84. The average molecular weight is 726 g/mol. The number of fused-ring (bicyclic) bond motifs is 6. The van der Waals surface area contributed by atoms with Crippen LogP contribution in [0.4, 0.5) is 0 Å². The minimum Gasteiger partial charge on any atom is -0.246 e. The Morgan fingerprint density at radius 3 is 1.42 bits per heavy atom. The van der Waals surface area contributed by atoms with Gasteiger partial charge in [0.25, 0.3) is 0 Å². The maximum atomic E-state index is 5.44. The van der Waals surface area contributed by atoms with Gasteiger partial charge >= 0.3 is 0 Å². The molecule has 1 heterocycles. The van der Waals surface area contributed by atoms with E-state index in [0.29, 0.717) is 5.92 Å². The summed E-state index contributed by atoms with van der Waals surface area (Å²) in [4.78, 5) is 5.44. The van der Waals surface area contributed by atoms with Crippen LogP contribution in [0.1, 0.15) is 46.6 Å². The molecule has 10 aromatic rings. The Balaban J connectivity index is 1.12. The van der Waals surface area contributed by atoms with Crippen LogP contribution in [0.2, 0.25) is 0 Å². The Morgan fingerprint density at radius 2 is 0.825 bits per heavy atom. The molecule has 11 rings (SSSR count). The van der Waals surface area contributed by atoms with E-state index >= 15 is 0 Å². The summed E-state index contributed by atoms with van der Waals surface area (Å²) in [6, 6.07) is 75.6. The van der Waals surface area contributed by atoms with Gasteiger partial charge in [-0.2, -0.15) is 0 Å². The highest BCUT2D eigenvalue weighted by molar-refractivity contribution is 6.21. The van der Waals surface area contributed by atoms with Crippen LogP contribution >= 0.6 is 0 Å². The molecule has 1 aliphatic rings. The van der Waals surface area contributed by atoms with Crippen LogP contribution in [-0.4, -0.2) is 4.98 Å². The zero-order valence-corrected chi connectivity index (χ0v) is 31.6. The zero-order chi connectivity index (χ0) is 37.7. The molecule has 0 amide bonds. The van der Waals surface area contributed by atoms with Crippen molar-refractivity contribution >= 4 is 54.5 Å². The highest BCUT2D eigenvalue weighted by Crippen LogP contribution is 2.44. The van der Waals surface area contributed by atoms with Crippen LogP contribution in [0.25, 0.3) is 76.8 Å². The first-order valence-corrected chi connectivity index (χ1v) is 20.1. The Hall–Kier alpha value is -7.09. The molecule has 0 atom stereocenters. The average Bonchev–Trinajstić information content (AvgIpc) is 4.14. The van der Waals surface area contributed by atoms with Crippen LogP contribution in [0.5, 0.6) is 0 Å². The summed E-state index contributed by atoms with van der Waals surface area (Å²) in [6.07, 6.45) is 2.59. The molecular weight excluding hydrogens is 687 g/mol. The minimum absolute atomic E-state index is 0.714. The molecule has 0 saturated heterocycles. The minimum atomic E-state index is 0.714. The first-order valence-electron chi connectivity index (χ1n) is 20.1. The van der Waals surface area contributed by atoms with Crippen LogP contribution < -0.4 is 0 Å². The van der Waals surface area contributed by atoms with E-state index in [-0.39, 0.29) is 0 Å². The molecule has 1 aromatic heterocycles. The Labute approximate surface area is 333 Å². The second-order valence-electron chi connectivity index (χ2n) is 15.4. The third-order valence-corrected chi connectivity index (χ3v) is 11.8. The van der Waals surface area contributed by atoms with Gasteiger partial charge in [-0.3, -0.25) is 0 Å². The summed E-state index contributed by atoms with van der Waals surface area (Å²) in [7, 11) is 0. The van der Waals surface area contributed by atoms with Crippen molar-refractivity contribution in [1.29, 1.82) is 0 Å². The molecule has 0 aliphatic heterocycles. The Kier molecular flexibility index (Phi) is 8.10. The van der Waals surface area contributed by atoms with Gasteiger partial charge in [-0.25, -0.2) is 4.98 Å². The standard InChI is InChI=1S/C56H39N/c1-3-15-41(16-4-1)52(43-29-27-38(28-30-43)37-25-26-37)53(42-17-5-2-6-18-42)46-21-11-19-44(35-46)45-20-12-22-47(36-45)54-50-33-31-39-13-7-9-23-48(39)55(50)57-56-49-24-10-8-14-40(49)32-34-51(54)56/h1-24,27-37H,25-26H2/b53-52-. The highest BCUT2D eigenvalue weighted by Gasteiger charge is 2.24. The summed E-state index contributed by atoms with van der Waals surface area (Å²) in [5.74, 6) is 0.714. The molecule has 268 valence electrons. The third kappa shape index (κ3) is 6.00. The van der Waals surface area contributed by atoms with Gasteiger partial charge in [0.1, 0.15) is 0 Å². The van der Waals surface area contributed by atoms with Gasteiger partial charge in [0.05, 0.1) is 11.0 Å². The topological polar surface area (TPSA) is 12.9 Å². The lowest BCUT2D eigenvalue weighted by molar-refractivity contribution is 1.13. The number of nitrogens with zero attached hydrogens (tertiary/aromatic N) is 1. The lowest BCUT2D eigenvalue weighted by Gasteiger charge is -2.19. The van der Waals surface area contributed by atoms with E-state index in [4.69, 9.17) is 4.98 Å². The van der Waals surface area contributed by atoms with Gasteiger partial charge in [-0.05, 0) is 97.3 Å². The molecule has 0 spiro atoms. The van der Waals surface area contributed by atoms with Crippen molar-refractivity contribution in [3.05, 3.63) is 234 Å². The zero-order valence-electron chi connectivity index (χ0n) is 31.6. The van der Waals surface area contributed by atoms with E-state index in [9.17, 15) is 0 Å². The van der Waals surface area contributed by atoms with E-state index in [0.717, 1.165) is 21.8 Å². The molecule has 1 nitrogen and oxygen atoms in total. The molecule has 0 radical (unpaired) electrons. The van der Waals surface area contributed by atoms with Crippen molar-refractivity contribution in [1.82, 2.24) is 4.98 Å².